The van der Waals surface area contributed by atoms with Crippen LogP contribution in [0.4, 0.5) is 10.1 Å². The molecule has 0 saturated heterocycles. The Morgan fingerprint density at radius 3 is 2.81 bits per heavy atom. The first-order valence-corrected chi connectivity index (χ1v) is 4.39. The van der Waals surface area contributed by atoms with Gasteiger partial charge < -0.3 is 15.4 Å². The van der Waals surface area contributed by atoms with E-state index in [-0.39, 0.29) is 0 Å². The van der Waals surface area contributed by atoms with Gasteiger partial charge >= 0.3 is 11.9 Å². The number of nitrogens with one attached hydrogen (secondary N) is 2. The Hall–Kier alpha value is -2.37. The normalized spacial score (nSPS) is 10.3. The highest BCUT2D eigenvalue weighted by Crippen LogP contribution is 2.23. The number of halogens is 1. The standard InChI is InChI=1S/C10H7FN2O3/c11-5-1-2-6-7(3-5)12-4-8(6)13-9(14)10(15)16/h1-4,12H,(H,13,14)(H,15,16). The van der Waals surface area contributed by atoms with Gasteiger partial charge in [0.05, 0.1) is 11.2 Å². The molecule has 0 spiro atoms. The van der Waals surface area contributed by atoms with Crippen LogP contribution in [0.5, 0.6) is 0 Å². The SMILES string of the molecule is O=C(O)C(=O)Nc1c[nH]c2cc(F)ccc12. The average Bonchev–Trinajstić information content (AvgIpc) is 2.60. The zero-order valence-electron chi connectivity index (χ0n) is 7.95. The summed E-state index contributed by atoms with van der Waals surface area (Å²) in [7, 11) is 0. The molecule has 1 aromatic carbocycles. The minimum atomic E-state index is -1.57. The van der Waals surface area contributed by atoms with Crippen molar-refractivity contribution >= 4 is 28.5 Å². The molecular formula is C10H7FN2O3. The maximum Gasteiger partial charge on any atom is 0.394 e. The van der Waals surface area contributed by atoms with Gasteiger partial charge in [-0.1, -0.05) is 0 Å². The second kappa shape index (κ2) is 3.65. The number of anilines is 1. The molecule has 0 radical (unpaired) electrons. The van der Waals surface area contributed by atoms with Gasteiger partial charge in [0, 0.05) is 11.6 Å². The number of carbonyl (C=O) groups is 2. The number of hydrogen-bond donors (Lipinski definition) is 3. The lowest BCUT2D eigenvalue weighted by Crippen LogP contribution is -2.21. The Balaban J connectivity index is 2.39. The van der Waals surface area contributed by atoms with Crippen LogP contribution in [-0.4, -0.2) is 22.0 Å². The third-order valence-electron chi connectivity index (χ3n) is 2.09. The molecule has 0 aliphatic heterocycles. The topological polar surface area (TPSA) is 82.2 Å². The lowest BCUT2D eigenvalue weighted by molar-refractivity contribution is -0.147. The number of benzene rings is 1. The van der Waals surface area contributed by atoms with Crippen LogP contribution in [0.15, 0.2) is 24.4 Å². The van der Waals surface area contributed by atoms with Gasteiger partial charge in [-0.25, -0.2) is 9.18 Å². The highest BCUT2D eigenvalue weighted by Gasteiger charge is 2.13. The zero-order valence-corrected chi connectivity index (χ0v) is 7.95. The van der Waals surface area contributed by atoms with Crippen LogP contribution in [0, 0.1) is 5.82 Å². The molecule has 5 nitrogen and oxygen atoms in total. The zero-order chi connectivity index (χ0) is 11.7. The molecule has 0 fully saturated rings. The number of fused-ring (bicyclic) bond motifs is 1. The summed E-state index contributed by atoms with van der Waals surface area (Å²) < 4.78 is 12.8. The van der Waals surface area contributed by atoms with Gasteiger partial charge in [0.1, 0.15) is 5.82 Å². The molecule has 0 bridgehead atoms. The highest BCUT2D eigenvalue weighted by atomic mass is 19.1. The molecule has 0 saturated carbocycles. The summed E-state index contributed by atoms with van der Waals surface area (Å²) in [5, 5.41) is 11.2. The summed E-state index contributed by atoms with van der Waals surface area (Å²) in [6.07, 6.45) is 1.41. The Bertz CT molecular complexity index is 576. The van der Waals surface area contributed by atoms with Crippen LogP contribution in [0.2, 0.25) is 0 Å². The molecule has 3 N–H and O–H groups in total. The van der Waals surface area contributed by atoms with Crippen molar-refractivity contribution in [1.82, 2.24) is 4.98 Å². The molecule has 1 amide bonds. The Kier molecular flexibility index (Phi) is 2.32. The molecule has 16 heavy (non-hydrogen) atoms. The van der Waals surface area contributed by atoms with E-state index in [2.05, 4.69) is 10.3 Å². The van der Waals surface area contributed by atoms with Crippen LogP contribution >= 0.6 is 0 Å². The van der Waals surface area contributed by atoms with E-state index < -0.39 is 17.7 Å². The minimum absolute atomic E-state index is 0.308. The Morgan fingerprint density at radius 1 is 1.38 bits per heavy atom. The van der Waals surface area contributed by atoms with Gasteiger partial charge in [0.15, 0.2) is 0 Å². The van der Waals surface area contributed by atoms with Gasteiger partial charge in [0.2, 0.25) is 0 Å². The van der Waals surface area contributed by atoms with Crippen LogP contribution in [0.25, 0.3) is 10.9 Å². The number of amides is 1. The summed E-state index contributed by atoms with van der Waals surface area (Å²) in [6.45, 7) is 0. The van der Waals surface area contributed by atoms with Gasteiger partial charge in [-0.15, -0.1) is 0 Å². The summed E-state index contributed by atoms with van der Waals surface area (Å²) in [5.41, 5.74) is 0.795. The number of H-pyrrole nitrogens is 1. The van der Waals surface area contributed by atoms with Crippen LogP contribution in [-0.2, 0) is 9.59 Å². The first kappa shape index (κ1) is 10.2. The van der Waals surface area contributed by atoms with Crippen molar-refractivity contribution in [3.63, 3.8) is 0 Å². The Labute approximate surface area is 88.9 Å². The fourth-order valence-electron chi connectivity index (χ4n) is 1.38. The third-order valence-corrected chi connectivity index (χ3v) is 2.09. The second-order valence-electron chi connectivity index (χ2n) is 3.15. The molecule has 0 aliphatic rings. The van der Waals surface area contributed by atoms with Crippen molar-refractivity contribution in [2.24, 2.45) is 0 Å². The third kappa shape index (κ3) is 1.72. The number of carboxylic acids is 1. The van der Waals surface area contributed by atoms with Crippen molar-refractivity contribution in [2.45, 2.75) is 0 Å². The molecule has 2 rings (SSSR count). The number of rotatable bonds is 1. The summed E-state index contributed by atoms with van der Waals surface area (Å²) in [4.78, 5) is 24.0. The maximum absolute atomic E-state index is 12.8. The summed E-state index contributed by atoms with van der Waals surface area (Å²) in [6, 6.07) is 3.94. The lowest BCUT2D eigenvalue weighted by atomic mass is 10.2. The van der Waals surface area contributed by atoms with Crippen molar-refractivity contribution < 1.29 is 19.1 Å². The Morgan fingerprint density at radius 2 is 2.12 bits per heavy atom. The number of aromatic nitrogens is 1. The first-order chi connectivity index (χ1) is 7.58. The van der Waals surface area contributed by atoms with Crippen molar-refractivity contribution in [3.8, 4) is 0 Å². The lowest BCUT2D eigenvalue weighted by Gasteiger charge is -1.99. The van der Waals surface area contributed by atoms with E-state index in [4.69, 9.17) is 5.11 Å². The molecular weight excluding hydrogens is 215 g/mol. The average molecular weight is 222 g/mol. The molecule has 0 aliphatic carbocycles. The number of carbonyl (C=O) groups excluding carboxylic acids is 1. The van der Waals surface area contributed by atoms with Gasteiger partial charge in [-0.2, -0.15) is 0 Å². The number of aromatic amines is 1. The van der Waals surface area contributed by atoms with E-state index in [0.29, 0.717) is 16.6 Å². The van der Waals surface area contributed by atoms with E-state index in [1.807, 2.05) is 0 Å². The molecule has 1 heterocycles. The predicted octanol–water partition coefficient (Wildman–Crippen LogP) is 1.33. The monoisotopic (exact) mass is 222 g/mol. The van der Waals surface area contributed by atoms with E-state index in [0.717, 1.165) is 0 Å². The molecule has 2 aromatic rings. The van der Waals surface area contributed by atoms with Crippen molar-refractivity contribution in [2.75, 3.05) is 5.32 Å². The number of carboxylic acid groups (broad SMARTS) is 1. The molecule has 0 unspecified atom stereocenters. The van der Waals surface area contributed by atoms with Gasteiger partial charge in [0.25, 0.3) is 0 Å². The number of aliphatic carboxylic acids is 1. The number of hydrogen-bond acceptors (Lipinski definition) is 2. The van der Waals surface area contributed by atoms with E-state index >= 15 is 0 Å². The van der Waals surface area contributed by atoms with Crippen LogP contribution in [0.1, 0.15) is 0 Å². The van der Waals surface area contributed by atoms with Crippen LogP contribution < -0.4 is 5.32 Å². The first-order valence-electron chi connectivity index (χ1n) is 4.39. The van der Waals surface area contributed by atoms with Crippen LogP contribution in [0.3, 0.4) is 0 Å². The molecule has 1 aromatic heterocycles. The van der Waals surface area contributed by atoms with Gasteiger partial charge in [-0.3, -0.25) is 4.79 Å². The largest absolute Gasteiger partial charge is 0.474 e. The fraction of sp³-hybridized carbons (Fsp3) is 0. The second-order valence-corrected chi connectivity index (χ2v) is 3.15. The molecule has 82 valence electrons. The van der Waals surface area contributed by atoms with E-state index in [1.165, 1.54) is 24.4 Å². The maximum atomic E-state index is 12.8. The van der Waals surface area contributed by atoms with Crippen molar-refractivity contribution in [3.05, 3.63) is 30.2 Å². The predicted molar refractivity (Wildman–Crippen MR) is 54.5 cm³/mol. The van der Waals surface area contributed by atoms with Gasteiger partial charge in [-0.05, 0) is 18.2 Å². The quantitative estimate of drug-likeness (QED) is 0.636. The summed E-state index contributed by atoms with van der Waals surface area (Å²) in [5.74, 6) is -3.12. The molecule has 0 atom stereocenters. The minimum Gasteiger partial charge on any atom is -0.474 e. The molecule has 6 heteroatoms. The fourth-order valence-corrected chi connectivity index (χ4v) is 1.38. The highest BCUT2D eigenvalue weighted by molar-refractivity contribution is 6.37. The summed E-state index contributed by atoms with van der Waals surface area (Å²) >= 11 is 0. The smallest absolute Gasteiger partial charge is 0.394 e. The van der Waals surface area contributed by atoms with Crippen molar-refractivity contribution in [1.29, 1.82) is 0 Å². The van der Waals surface area contributed by atoms with E-state index in [1.54, 1.807) is 0 Å². The van der Waals surface area contributed by atoms with E-state index in [9.17, 15) is 14.0 Å².